The van der Waals surface area contributed by atoms with Gasteiger partial charge in [-0.05, 0) is 43.0 Å². The van der Waals surface area contributed by atoms with E-state index in [-0.39, 0.29) is 28.2 Å². The molecule has 2 aliphatic heterocycles. The maximum absolute atomic E-state index is 13.4. The second kappa shape index (κ2) is 13.1. The number of primary amides is 1. The van der Waals surface area contributed by atoms with E-state index in [0.29, 0.717) is 16.6 Å². The van der Waals surface area contributed by atoms with E-state index in [1.165, 1.54) is 17.5 Å². The normalized spacial score (nSPS) is 17.1. The number of halogens is 3. The van der Waals surface area contributed by atoms with Crippen LogP contribution in [-0.2, 0) is 0 Å². The number of thiophene rings is 1. The fourth-order valence-corrected chi connectivity index (χ4v) is 6.14. The molecule has 1 aromatic carbocycles. The quantitative estimate of drug-likeness (QED) is 0.294. The lowest BCUT2D eigenvalue weighted by Crippen LogP contribution is -2.53. The van der Waals surface area contributed by atoms with E-state index in [9.17, 15) is 13.6 Å². The molecule has 0 unspecified atom stereocenters. The fourth-order valence-electron chi connectivity index (χ4n) is 5.30. The second-order valence-corrected chi connectivity index (χ2v) is 11.2. The molecule has 0 bridgehead atoms. The van der Waals surface area contributed by atoms with Crippen LogP contribution in [0.1, 0.15) is 29.4 Å². The monoisotopic (exact) mass is 606 g/mol. The van der Waals surface area contributed by atoms with Gasteiger partial charge in [-0.15, -0.1) is 11.3 Å². The molecule has 2 saturated heterocycles. The Morgan fingerprint density at radius 2 is 1.90 bits per heavy atom. The van der Waals surface area contributed by atoms with Crippen LogP contribution in [0.2, 0.25) is 5.02 Å². The zero-order valence-electron chi connectivity index (χ0n) is 22.7. The lowest BCUT2D eigenvalue weighted by Gasteiger charge is -2.43. The van der Waals surface area contributed by atoms with Crippen molar-refractivity contribution in [2.75, 3.05) is 61.3 Å². The molecule has 0 radical (unpaired) electrons. The molecule has 2 aromatic heterocycles. The molecule has 5 rings (SSSR count). The summed E-state index contributed by atoms with van der Waals surface area (Å²) in [5, 5.41) is 7.85. The van der Waals surface area contributed by atoms with Gasteiger partial charge in [0.15, 0.2) is 11.6 Å². The SMILES string of the molecule is CCN1CCN(C2CCN(c3ccc(Nc4ncc(Cl)c(Nc5ccsc5C(N)=O)n4)c(OC(F)F)c3)CC2)CC1. The van der Waals surface area contributed by atoms with Crippen LogP contribution in [0, 0.1) is 0 Å². The summed E-state index contributed by atoms with van der Waals surface area (Å²) in [4.78, 5) is 27.8. The zero-order chi connectivity index (χ0) is 28.9. The Labute approximate surface area is 246 Å². The number of benzene rings is 1. The number of hydrogen-bond acceptors (Lipinski definition) is 10. The molecule has 0 spiro atoms. The molecule has 10 nitrogen and oxygen atoms in total. The van der Waals surface area contributed by atoms with Crippen LogP contribution in [-0.4, -0.2) is 84.1 Å². The van der Waals surface area contributed by atoms with E-state index in [0.717, 1.165) is 64.3 Å². The first-order valence-electron chi connectivity index (χ1n) is 13.5. The lowest BCUT2D eigenvalue weighted by molar-refractivity contribution is -0.0493. The molecule has 0 saturated carbocycles. The fraction of sp³-hybridized carbons (Fsp3) is 0.444. The third-order valence-electron chi connectivity index (χ3n) is 7.51. The summed E-state index contributed by atoms with van der Waals surface area (Å²) in [6.07, 6.45) is 3.41. The molecule has 41 heavy (non-hydrogen) atoms. The summed E-state index contributed by atoms with van der Waals surface area (Å²) in [5.74, 6) is -0.281. The summed E-state index contributed by atoms with van der Waals surface area (Å²) in [7, 11) is 0. The molecule has 220 valence electrons. The molecular weight excluding hydrogens is 574 g/mol. The predicted octanol–water partition coefficient (Wildman–Crippen LogP) is 4.99. The average Bonchev–Trinajstić information content (AvgIpc) is 3.44. The highest BCUT2D eigenvalue weighted by Crippen LogP contribution is 2.35. The molecule has 2 aliphatic rings. The number of nitrogens with one attached hydrogen (secondary N) is 2. The standard InChI is InChI=1S/C27H33ClF2N8O2S/c1-2-36-10-12-38(13-11-36)17-5-8-37(9-6-17)18-3-4-20(22(15-18)40-26(29)30)34-27-32-16-19(28)25(35-27)33-21-7-14-41-23(21)24(31)39/h3-4,7,14-17,26H,2,5-6,8-13H2,1H3,(H2,31,39)(H2,32,33,34,35). The van der Waals surface area contributed by atoms with E-state index < -0.39 is 12.5 Å². The number of rotatable bonds is 10. The van der Waals surface area contributed by atoms with Crippen LogP contribution in [0.4, 0.5) is 37.6 Å². The number of likely N-dealkylation sites (N-methyl/N-ethyl adjacent to an activating group) is 1. The number of nitrogens with zero attached hydrogens (tertiary/aromatic N) is 5. The minimum Gasteiger partial charge on any atom is -0.433 e. The van der Waals surface area contributed by atoms with E-state index in [2.05, 4.69) is 42.2 Å². The highest BCUT2D eigenvalue weighted by atomic mass is 35.5. The number of anilines is 5. The third kappa shape index (κ3) is 7.15. The first-order chi connectivity index (χ1) is 19.8. The predicted molar refractivity (Wildman–Crippen MR) is 158 cm³/mol. The van der Waals surface area contributed by atoms with Gasteiger partial charge in [0.25, 0.3) is 5.91 Å². The third-order valence-corrected chi connectivity index (χ3v) is 8.72. The van der Waals surface area contributed by atoms with Gasteiger partial charge in [-0.1, -0.05) is 18.5 Å². The van der Waals surface area contributed by atoms with Crippen LogP contribution in [0.25, 0.3) is 0 Å². The number of carbonyl (C=O) groups excluding carboxylic acids is 1. The second-order valence-electron chi connectivity index (χ2n) is 9.92. The Morgan fingerprint density at radius 1 is 1.15 bits per heavy atom. The van der Waals surface area contributed by atoms with Crippen LogP contribution in [0.15, 0.2) is 35.8 Å². The summed E-state index contributed by atoms with van der Waals surface area (Å²) in [6.45, 7) is 6.36. The Kier molecular flexibility index (Phi) is 9.38. The number of carbonyl (C=O) groups is 1. The average molecular weight is 607 g/mol. The minimum atomic E-state index is -3.01. The van der Waals surface area contributed by atoms with Crippen LogP contribution in [0.3, 0.4) is 0 Å². The Hall–Kier alpha value is -3.26. The van der Waals surface area contributed by atoms with Crippen molar-refractivity contribution in [1.29, 1.82) is 0 Å². The number of hydrogen-bond donors (Lipinski definition) is 3. The summed E-state index contributed by atoms with van der Waals surface area (Å²) >= 11 is 7.45. The van der Waals surface area contributed by atoms with Gasteiger partial charge in [-0.2, -0.15) is 13.8 Å². The molecule has 3 aromatic rings. The maximum Gasteiger partial charge on any atom is 0.387 e. The largest absolute Gasteiger partial charge is 0.433 e. The van der Waals surface area contributed by atoms with Gasteiger partial charge in [0.2, 0.25) is 5.95 Å². The first kappa shape index (κ1) is 29.2. The van der Waals surface area contributed by atoms with E-state index in [4.69, 9.17) is 22.1 Å². The minimum absolute atomic E-state index is 0.0165. The van der Waals surface area contributed by atoms with Crippen molar-refractivity contribution in [3.8, 4) is 5.75 Å². The Morgan fingerprint density at radius 3 is 2.59 bits per heavy atom. The Bertz CT molecular complexity index is 1350. The molecule has 1 amide bonds. The van der Waals surface area contributed by atoms with E-state index >= 15 is 0 Å². The number of amides is 1. The molecule has 0 atom stereocenters. The highest BCUT2D eigenvalue weighted by molar-refractivity contribution is 7.12. The number of nitrogens with two attached hydrogens (primary N) is 1. The van der Waals surface area contributed by atoms with Gasteiger partial charge in [0.1, 0.15) is 9.90 Å². The summed E-state index contributed by atoms with van der Waals surface area (Å²) in [5.41, 5.74) is 6.97. The molecule has 4 N–H and O–H groups in total. The number of piperidine rings is 1. The number of alkyl halides is 2. The first-order valence-corrected chi connectivity index (χ1v) is 14.8. The topological polar surface area (TPSA) is 112 Å². The van der Waals surface area contributed by atoms with Crippen molar-refractivity contribution >= 4 is 57.7 Å². The van der Waals surface area contributed by atoms with Crippen molar-refractivity contribution < 1.29 is 18.3 Å². The number of aromatic nitrogens is 2. The smallest absolute Gasteiger partial charge is 0.387 e. The lowest BCUT2D eigenvalue weighted by atomic mass is 10.0. The van der Waals surface area contributed by atoms with Gasteiger partial charge in [0, 0.05) is 57.1 Å². The van der Waals surface area contributed by atoms with Gasteiger partial charge >= 0.3 is 6.61 Å². The van der Waals surface area contributed by atoms with Crippen molar-refractivity contribution in [3.05, 3.63) is 45.7 Å². The van der Waals surface area contributed by atoms with Crippen LogP contribution < -0.4 is 26.0 Å². The maximum atomic E-state index is 13.4. The molecule has 4 heterocycles. The molecule has 0 aliphatic carbocycles. The van der Waals surface area contributed by atoms with Gasteiger partial charge in [0.05, 0.1) is 17.6 Å². The summed E-state index contributed by atoms with van der Waals surface area (Å²) < 4.78 is 31.7. The zero-order valence-corrected chi connectivity index (χ0v) is 24.2. The highest BCUT2D eigenvalue weighted by Gasteiger charge is 2.28. The van der Waals surface area contributed by atoms with Crippen molar-refractivity contribution in [3.63, 3.8) is 0 Å². The molecule has 2 fully saturated rings. The molecular formula is C27H33ClF2N8O2S. The number of ether oxygens (including phenoxy) is 1. The van der Waals surface area contributed by atoms with Crippen LogP contribution >= 0.6 is 22.9 Å². The van der Waals surface area contributed by atoms with Gasteiger partial charge < -0.3 is 30.9 Å². The van der Waals surface area contributed by atoms with Crippen molar-refractivity contribution in [2.45, 2.75) is 32.4 Å². The van der Waals surface area contributed by atoms with E-state index in [1.807, 2.05) is 6.07 Å². The van der Waals surface area contributed by atoms with Crippen LogP contribution in [0.5, 0.6) is 5.75 Å². The van der Waals surface area contributed by atoms with Crippen molar-refractivity contribution in [1.82, 2.24) is 19.8 Å². The van der Waals surface area contributed by atoms with Gasteiger partial charge in [-0.25, -0.2) is 4.98 Å². The Balaban J connectivity index is 1.28. The number of piperazine rings is 1. The summed E-state index contributed by atoms with van der Waals surface area (Å²) in [6, 6.07) is 7.40. The van der Waals surface area contributed by atoms with E-state index in [1.54, 1.807) is 23.6 Å². The van der Waals surface area contributed by atoms with Gasteiger partial charge in [-0.3, -0.25) is 9.69 Å². The molecule has 14 heteroatoms. The van der Waals surface area contributed by atoms with Crippen molar-refractivity contribution in [2.24, 2.45) is 5.73 Å².